The van der Waals surface area contributed by atoms with Gasteiger partial charge in [0.05, 0.1) is 4.91 Å². The maximum atomic E-state index is 12.5. The number of thioether (sulfide) groups is 1. The highest BCUT2D eigenvalue weighted by Crippen LogP contribution is 2.34. The zero-order chi connectivity index (χ0) is 21.5. The molecule has 1 aliphatic heterocycles. The van der Waals surface area contributed by atoms with Crippen LogP contribution in [0.3, 0.4) is 0 Å². The smallest absolute Gasteiger partial charge is 0.323 e. The van der Waals surface area contributed by atoms with Crippen molar-refractivity contribution in [1.29, 1.82) is 0 Å². The third-order valence-electron chi connectivity index (χ3n) is 4.92. The monoisotopic (exact) mass is 428 g/mol. The number of rotatable bonds is 4. The van der Waals surface area contributed by atoms with Gasteiger partial charge in [0.15, 0.2) is 0 Å². The molecule has 0 radical (unpaired) electrons. The van der Waals surface area contributed by atoms with E-state index in [4.69, 9.17) is 17.3 Å². The Labute approximate surface area is 180 Å². The van der Waals surface area contributed by atoms with Gasteiger partial charge in [0.25, 0.3) is 5.91 Å². The van der Waals surface area contributed by atoms with Gasteiger partial charge in [-0.15, -0.1) is 0 Å². The molecule has 0 atom stereocenters. The molecule has 1 aromatic heterocycles. The minimum Gasteiger partial charge on any atom is -0.480 e. The van der Waals surface area contributed by atoms with Crippen molar-refractivity contribution in [3.63, 3.8) is 0 Å². The van der Waals surface area contributed by atoms with Gasteiger partial charge in [-0.25, -0.2) is 0 Å². The Morgan fingerprint density at radius 3 is 2.38 bits per heavy atom. The zero-order valence-corrected chi connectivity index (χ0v) is 18.8. The molecule has 152 valence electrons. The van der Waals surface area contributed by atoms with Crippen molar-refractivity contribution in [3.05, 3.63) is 57.8 Å². The SMILES string of the molecule is Cc1cc(C=C2SC(=S)N(CC(=O)O)C2=O)c(C)n1-c1ccc(C(C)(C)C)cc1. The van der Waals surface area contributed by atoms with Gasteiger partial charge in [-0.3, -0.25) is 14.5 Å². The number of aryl methyl sites for hydroxylation is 1. The second-order valence-electron chi connectivity index (χ2n) is 8.12. The number of carboxylic acid groups (broad SMARTS) is 1. The highest BCUT2D eigenvalue weighted by Gasteiger charge is 2.33. The van der Waals surface area contributed by atoms with E-state index < -0.39 is 12.5 Å². The number of aliphatic carboxylic acids is 1. The second-order valence-corrected chi connectivity index (χ2v) is 9.80. The van der Waals surface area contributed by atoms with Gasteiger partial charge < -0.3 is 9.67 Å². The van der Waals surface area contributed by atoms with Crippen LogP contribution in [0.25, 0.3) is 11.8 Å². The highest BCUT2D eigenvalue weighted by atomic mass is 32.2. The molecule has 5 nitrogen and oxygen atoms in total. The minimum absolute atomic E-state index is 0.0924. The Kier molecular flexibility index (Phi) is 5.74. The Morgan fingerprint density at radius 2 is 1.83 bits per heavy atom. The molecule has 1 fully saturated rings. The lowest BCUT2D eigenvalue weighted by Gasteiger charge is -2.20. The van der Waals surface area contributed by atoms with Crippen molar-refractivity contribution in [1.82, 2.24) is 9.47 Å². The molecule has 0 unspecified atom stereocenters. The standard InChI is InChI=1S/C22H24N2O3S2/c1-13-10-15(11-18-20(27)23(12-19(25)26)21(28)29-18)14(2)24(13)17-8-6-16(7-9-17)22(3,4)5/h6-11H,12H2,1-5H3,(H,25,26). The number of hydrogen-bond acceptors (Lipinski definition) is 4. The van der Waals surface area contributed by atoms with Crippen LogP contribution in [0.2, 0.25) is 0 Å². The van der Waals surface area contributed by atoms with E-state index in [-0.39, 0.29) is 15.6 Å². The van der Waals surface area contributed by atoms with Crippen LogP contribution < -0.4 is 0 Å². The molecule has 0 spiro atoms. The lowest BCUT2D eigenvalue weighted by molar-refractivity contribution is -0.140. The van der Waals surface area contributed by atoms with Crippen LogP contribution in [0.4, 0.5) is 0 Å². The van der Waals surface area contributed by atoms with E-state index in [0.717, 1.165) is 39.3 Å². The van der Waals surface area contributed by atoms with Crippen molar-refractivity contribution < 1.29 is 14.7 Å². The molecule has 1 saturated heterocycles. The van der Waals surface area contributed by atoms with Crippen LogP contribution in [-0.4, -0.2) is 37.3 Å². The summed E-state index contributed by atoms with van der Waals surface area (Å²) in [5.74, 6) is -1.44. The second kappa shape index (κ2) is 7.80. The van der Waals surface area contributed by atoms with E-state index in [0.29, 0.717) is 4.91 Å². The van der Waals surface area contributed by atoms with Crippen molar-refractivity contribution in [2.75, 3.05) is 6.54 Å². The van der Waals surface area contributed by atoms with Gasteiger partial charge in [0, 0.05) is 17.1 Å². The van der Waals surface area contributed by atoms with Crippen LogP contribution in [0, 0.1) is 13.8 Å². The van der Waals surface area contributed by atoms with Crippen molar-refractivity contribution in [2.24, 2.45) is 0 Å². The maximum Gasteiger partial charge on any atom is 0.323 e. The first-order valence-corrected chi connectivity index (χ1v) is 10.5. The van der Waals surface area contributed by atoms with Crippen LogP contribution >= 0.6 is 24.0 Å². The van der Waals surface area contributed by atoms with Gasteiger partial charge in [0.1, 0.15) is 10.9 Å². The molecule has 7 heteroatoms. The number of aromatic nitrogens is 1. The topological polar surface area (TPSA) is 62.5 Å². The Bertz CT molecular complexity index is 1030. The largest absolute Gasteiger partial charge is 0.480 e. The van der Waals surface area contributed by atoms with Gasteiger partial charge in [-0.2, -0.15) is 0 Å². The lowest BCUT2D eigenvalue weighted by atomic mass is 9.87. The van der Waals surface area contributed by atoms with E-state index >= 15 is 0 Å². The summed E-state index contributed by atoms with van der Waals surface area (Å²) in [6, 6.07) is 10.5. The number of carbonyl (C=O) groups excluding carboxylic acids is 1. The van der Waals surface area contributed by atoms with Crippen LogP contribution in [0.1, 0.15) is 43.3 Å². The predicted molar refractivity (Wildman–Crippen MR) is 121 cm³/mol. The van der Waals surface area contributed by atoms with E-state index in [1.807, 2.05) is 19.9 Å². The fourth-order valence-electron chi connectivity index (χ4n) is 3.35. The summed E-state index contributed by atoms with van der Waals surface area (Å²) < 4.78 is 2.42. The Balaban J connectivity index is 1.94. The molecule has 0 aliphatic carbocycles. The summed E-state index contributed by atoms with van der Waals surface area (Å²) in [5, 5.41) is 8.98. The molecule has 0 bridgehead atoms. The van der Waals surface area contributed by atoms with Gasteiger partial charge in [-0.1, -0.05) is 56.9 Å². The van der Waals surface area contributed by atoms with Crippen LogP contribution in [-0.2, 0) is 15.0 Å². The number of amides is 1. The molecule has 1 aliphatic rings. The summed E-state index contributed by atoms with van der Waals surface area (Å²) >= 11 is 6.31. The van der Waals surface area contributed by atoms with E-state index in [1.165, 1.54) is 5.56 Å². The third kappa shape index (κ3) is 4.31. The highest BCUT2D eigenvalue weighted by molar-refractivity contribution is 8.26. The van der Waals surface area contributed by atoms with Crippen molar-refractivity contribution in [3.8, 4) is 5.69 Å². The molecule has 1 N–H and O–H groups in total. The van der Waals surface area contributed by atoms with E-state index in [9.17, 15) is 9.59 Å². The predicted octanol–water partition coefficient (Wildman–Crippen LogP) is 4.68. The van der Waals surface area contributed by atoms with Gasteiger partial charge >= 0.3 is 5.97 Å². The first-order chi connectivity index (χ1) is 13.5. The third-order valence-corrected chi connectivity index (χ3v) is 6.29. The fourth-order valence-corrected chi connectivity index (χ4v) is 4.60. The summed E-state index contributed by atoms with van der Waals surface area (Å²) in [4.78, 5) is 25.1. The lowest BCUT2D eigenvalue weighted by Crippen LogP contribution is -2.33. The van der Waals surface area contributed by atoms with E-state index in [1.54, 1.807) is 6.08 Å². The first kappa shape index (κ1) is 21.3. The zero-order valence-electron chi connectivity index (χ0n) is 17.1. The quantitative estimate of drug-likeness (QED) is 0.566. The van der Waals surface area contributed by atoms with Crippen LogP contribution in [0.5, 0.6) is 0 Å². The van der Waals surface area contributed by atoms with Gasteiger partial charge in [0.2, 0.25) is 0 Å². The molecule has 1 amide bonds. The van der Waals surface area contributed by atoms with Gasteiger partial charge in [-0.05, 0) is 54.7 Å². The molecule has 2 heterocycles. The maximum absolute atomic E-state index is 12.5. The Hall–Kier alpha value is -2.38. The van der Waals surface area contributed by atoms with E-state index in [2.05, 4.69) is 49.6 Å². The molecular weight excluding hydrogens is 404 g/mol. The number of hydrogen-bond donors (Lipinski definition) is 1. The summed E-state index contributed by atoms with van der Waals surface area (Å²) in [6.45, 7) is 10.2. The molecule has 0 saturated carbocycles. The number of carboxylic acids is 1. The molecule has 1 aromatic carbocycles. The first-order valence-electron chi connectivity index (χ1n) is 9.26. The van der Waals surface area contributed by atoms with Crippen LogP contribution in [0.15, 0.2) is 35.2 Å². The summed E-state index contributed by atoms with van der Waals surface area (Å²) in [6.07, 6.45) is 1.80. The number of thiocarbonyl (C=S) groups is 1. The summed E-state index contributed by atoms with van der Waals surface area (Å²) in [5.41, 5.74) is 5.40. The fraction of sp³-hybridized carbons (Fsp3) is 0.318. The summed E-state index contributed by atoms with van der Waals surface area (Å²) in [7, 11) is 0. The van der Waals surface area contributed by atoms with Crippen molar-refractivity contribution >= 4 is 46.3 Å². The molecular formula is C22H24N2O3S2. The number of carbonyl (C=O) groups is 2. The number of benzene rings is 1. The Morgan fingerprint density at radius 1 is 1.21 bits per heavy atom. The molecule has 29 heavy (non-hydrogen) atoms. The average molecular weight is 429 g/mol. The molecule has 3 rings (SSSR count). The average Bonchev–Trinajstić information content (AvgIpc) is 3.04. The normalized spacial score (nSPS) is 16.2. The number of nitrogens with zero attached hydrogens (tertiary/aromatic N) is 2. The molecule has 2 aromatic rings. The minimum atomic E-state index is -1.08. The van der Waals surface area contributed by atoms with Crippen molar-refractivity contribution in [2.45, 2.75) is 40.0 Å².